The van der Waals surface area contributed by atoms with Crippen LogP contribution in [0.4, 0.5) is 5.82 Å². The summed E-state index contributed by atoms with van der Waals surface area (Å²) in [6.45, 7) is 0. The van der Waals surface area contributed by atoms with Crippen molar-refractivity contribution in [1.82, 2.24) is 9.97 Å². The van der Waals surface area contributed by atoms with E-state index in [9.17, 15) is 4.79 Å². The number of hydrogen-bond acceptors (Lipinski definition) is 5. The van der Waals surface area contributed by atoms with Crippen molar-refractivity contribution in [3.8, 4) is 11.5 Å². The lowest BCUT2D eigenvalue weighted by Gasteiger charge is -2.15. The van der Waals surface area contributed by atoms with Gasteiger partial charge in [0.25, 0.3) is 0 Å². The van der Waals surface area contributed by atoms with E-state index in [-0.39, 0.29) is 0 Å². The Kier molecular flexibility index (Phi) is 3.10. The smallest absolute Gasteiger partial charge is 0.347 e. The van der Waals surface area contributed by atoms with Crippen molar-refractivity contribution < 1.29 is 9.47 Å². The van der Waals surface area contributed by atoms with Crippen LogP contribution in [0.1, 0.15) is 0 Å². The summed E-state index contributed by atoms with van der Waals surface area (Å²) in [4.78, 5) is 19.9. The number of anilines is 1. The molecule has 6 heteroatoms. The molecule has 1 heterocycles. The lowest BCUT2D eigenvalue weighted by Crippen LogP contribution is -2.19. The fourth-order valence-corrected chi connectivity index (χ4v) is 1.81. The molecule has 1 aromatic heterocycles. The summed E-state index contributed by atoms with van der Waals surface area (Å²) >= 11 is 0. The van der Waals surface area contributed by atoms with Gasteiger partial charge in [0.1, 0.15) is 5.82 Å². The molecule has 0 unspecified atom stereocenters. The molecule has 1 aromatic carbocycles. The average molecular weight is 249 g/mol. The Labute approximate surface area is 104 Å². The predicted octanol–water partition coefficient (Wildman–Crippen LogP) is 1.01. The van der Waals surface area contributed by atoms with Crippen molar-refractivity contribution in [3.05, 3.63) is 22.6 Å². The summed E-state index contributed by atoms with van der Waals surface area (Å²) in [5.41, 5.74) is 0.273. The van der Waals surface area contributed by atoms with Crippen LogP contribution >= 0.6 is 0 Å². The van der Waals surface area contributed by atoms with E-state index in [2.05, 4.69) is 9.97 Å². The van der Waals surface area contributed by atoms with Gasteiger partial charge in [-0.1, -0.05) is 0 Å². The summed E-state index contributed by atoms with van der Waals surface area (Å²) < 4.78 is 10.4. The fraction of sp³-hybridized carbons (Fsp3) is 0.333. The zero-order valence-corrected chi connectivity index (χ0v) is 10.8. The number of benzene rings is 1. The Bertz CT molecular complexity index is 634. The first-order valence-electron chi connectivity index (χ1n) is 5.40. The Morgan fingerprint density at radius 3 is 2.33 bits per heavy atom. The SMILES string of the molecule is COc1cc2[nH]c(=O)nc(N(C)C)c2cc1OC. The first-order valence-corrected chi connectivity index (χ1v) is 5.40. The van der Waals surface area contributed by atoms with Gasteiger partial charge in [-0.15, -0.1) is 0 Å². The third-order valence-corrected chi connectivity index (χ3v) is 2.64. The highest BCUT2D eigenvalue weighted by Crippen LogP contribution is 2.33. The number of aromatic amines is 1. The van der Waals surface area contributed by atoms with E-state index < -0.39 is 5.69 Å². The summed E-state index contributed by atoms with van der Waals surface area (Å²) in [6.07, 6.45) is 0. The van der Waals surface area contributed by atoms with Crippen LogP contribution in [0.5, 0.6) is 11.5 Å². The molecular formula is C12H15N3O3. The predicted molar refractivity (Wildman–Crippen MR) is 69.8 cm³/mol. The third-order valence-electron chi connectivity index (χ3n) is 2.64. The molecular weight excluding hydrogens is 234 g/mol. The number of ether oxygens (including phenoxy) is 2. The molecule has 2 aromatic rings. The quantitative estimate of drug-likeness (QED) is 0.879. The Hall–Kier alpha value is -2.24. The van der Waals surface area contributed by atoms with E-state index in [1.165, 1.54) is 0 Å². The zero-order chi connectivity index (χ0) is 13.3. The Morgan fingerprint density at radius 2 is 1.78 bits per heavy atom. The lowest BCUT2D eigenvalue weighted by atomic mass is 10.2. The van der Waals surface area contributed by atoms with Crippen molar-refractivity contribution in [2.45, 2.75) is 0 Å². The minimum Gasteiger partial charge on any atom is -0.493 e. The molecule has 0 aliphatic rings. The highest BCUT2D eigenvalue weighted by molar-refractivity contribution is 5.91. The molecule has 6 nitrogen and oxygen atoms in total. The van der Waals surface area contributed by atoms with Gasteiger partial charge in [0.05, 0.1) is 19.7 Å². The van der Waals surface area contributed by atoms with Crippen molar-refractivity contribution in [1.29, 1.82) is 0 Å². The van der Waals surface area contributed by atoms with Crippen molar-refractivity contribution in [2.75, 3.05) is 33.2 Å². The van der Waals surface area contributed by atoms with Gasteiger partial charge >= 0.3 is 5.69 Å². The molecule has 0 saturated heterocycles. The molecule has 0 spiro atoms. The number of fused-ring (bicyclic) bond motifs is 1. The van der Waals surface area contributed by atoms with Gasteiger partial charge in [-0.2, -0.15) is 4.98 Å². The molecule has 0 fully saturated rings. The number of methoxy groups -OCH3 is 2. The average Bonchev–Trinajstić information content (AvgIpc) is 2.35. The first-order chi connectivity index (χ1) is 8.56. The standard InChI is InChI=1S/C12H15N3O3/c1-15(2)11-7-5-9(17-3)10(18-4)6-8(7)13-12(16)14-11/h5-6H,1-4H3,(H,13,14,16). The fourth-order valence-electron chi connectivity index (χ4n) is 1.81. The second-order valence-electron chi connectivity index (χ2n) is 4.01. The summed E-state index contributed by atoms with van der Waals surface area (Å²) in [7, 11) is 6.78. The first kappa shape index (κ1) is 12.2. The number of hydrogen-bond donors (Lipinski definition) is 1. The highest BCUT2D eigenvalue weighted by Gasteiger charge is 2.12. The maximum atomic E-state index is 11.5. The maximum Gasteiger partial charge on any atom is 0.347 e. The molecule has 18 heavy (non-hydrogen) atoms. The monoisotopic (exact) mass is 249 g/mol. The van der Waals surface area contributed by atoms with Crippen LogP contribution in [0.15, 0.2) is 16.9 Å². The largest absolute Gasteiger partial charge is 0.493 e. The molecule has 1 N–H and O–H groups in total. The number of rotatable bonds is 3. The van der Waals surface area contributed by atoms with Gasteiger partial charge in [0, 0.05) is 25.5 Å². The molecule has 0 bridgehead atoms. The molecule has 0 amide bonds. The molecule has 96 valence electrons. The van der Waals surface area contributed by atoms with Gasteiger partial charge in [-0.3, -0.25) is 0 Å². The molecule has 0 aliphatic heterocycles. The van der Waals surface area contributed by atoms with E-state index >= 15 is 0 Å². The van der Waals surface area contributed by atoms with Crippen LogP contribution in [0.25, 0.3) is 10.9 Å². The van der Waals surface area contributed by atoms with Crippen LogP contribution < -0.4 is 20.1 Å². The van der Waals surface area contributed by atoms with Gasteiger partial charge in [0.2, 0.25) is 0 Å². The second-order valence-corrected chi connectivity index (χ2v) is 4.01. The van der Waals surface area contributed by atoms with E-state index in [1.54, 1.807) is 31.3 Å². The summed E-state index contributed by atoms with van der Waals surface area (Å²) in [5, 5.41) is 0.803. The van der Waals surface area contributed by atoms with Crippen molar-refractivity contribution in [3.63, 3.8) is 0 Å². The number of aromatic nitrogens is 2. The molecule has 2 rings (SSSR count). The highest BCUT2D eigenvalue weighted by atomic mass is 16.5. The van der Waals surface area contributed by atoms with Crippen molar-refractivity contribution in [2.24, 2.45) is 0 Å². The normalized spacial score (nSPS) is 10.4. The topological polar surface area (TPSA) is 67.5 Å². The minimum absolute atomic E-state index is 0.390. The number of nitrogens with zero attached hydrogens (tertiary/aromatic N) is 2. The van der Waals surface area contributed by atoms with E-state index in [0.29, 0.717) is 22.8 Å². The van der Waals surface area contributed by atoms with Gasteiger partial charge in [-0.05, 0) is 6.07 Å². The minimum atomic E-state index is -0.390. The van der Waals surface area contributed by atoms with Crippen molar-refractivity contribution >= 4 is 16.7 Å². The van der Waals surface area contributed by atoms with Crippen LogP contribution in [0.3, 0.4) is 0 Å². The molecule has 0 radical (unpaired) electrons. The zero-order valence-electron chi connectivity index (χ0n) is 10.8. The number of nitrogens with one attached hydrogen (secondary N) is 1. The van der Waals surface area contributed by atoms with E-state index in [1.807, 2.05) is 14.1 Å². The molecule has 0 saturated carbocycles. The second kappa shape index (κ2) is 4.56. The number of H-pyrrole nitrogens is 1. The Balaban J connectivity index is 2.83. The Morgan fingerprint density at radius 1 is 1.17 bits per heavy atom. The van der Waals surface area contributed by atoms with Gasteiger partial charge < -0.3 is 19.4 Å². The lowest BCUT2D eigenvalue weighted by molar-refractivity contribution is 0.356. The van der Waals surface area contributed by atoms with Crippen LogP contribution in [-0.4, -0.2) is 38.3 Å². The van der Waals surface area contributed by atoms with E-state index in [0.717, 1.165) is 5.39 Å². The summed E-state index contributed by atoms with van der Waals surface area (Å²) in [6, 6.07) is 3.52. The van der Waals surface area contributed by atoms with Crippen LogP contribution in [0.2, 0.25) is 0 Å². The van der Waals surface area contributed by atoms with Crippen LogP contribution in [-0.2, 0) is 0 Å². The van der Waals surface area contributed by atoms with Crippen LogP contribution in [0, 0.1) is 0 Å². The van der Waals surface area contributed by atoms with E-state index in [4.69, 9.17) is 9.47 Å². The van der Waals surface area contributed by atoms with Gasteiger partial charge in [-0.25, -0.2) is 4.79 Å². The summed E-state index contributed by atoms with van der Waals surface area (Å²) in [5.74, 6) is 1.76. The third kappa shape index (κ3) is 1.97. The molecule has 0 aliphatic carbocycles. The van der Waals surface area contributed by atoms with Gasteiger partial charge in [0.15, 0.2) is 11.5 Å². The molecule has 0 atom stereocenters. The maximum absolute atomic E-state index is 11.5.